The molecule has 0 aliphatic carbocycles. The second-order valence-electron chi connectivity index (χ2n) is 9.41. The lowest BCUT2D eigenvalue weighted by molar-refractivity contribution is 0.0518. The Balaban J connectivity index is 1.56. The molecule has 12 heteroatoms. The number of aliphatic hydroxyl groups is 2. The van der Waals surface area contributed by atoms with Crippen molar-refractivity contribution in [3.05, 3.63) is 71.3 Å². The van der Waals surface area contributed by atoms with E-state index < -0.39 is 36.4 Å². The lowest BCUT2D eigenvalue weighted by Crippen LogP contribution is -2.42. The Labute approximate surface area is 225 Å². The third-order valence-corrected chi connectivity index (χ3v) is 6.63. The van der Waals surface area contributed by atoms with Crippen LogP contribution in [0, 0.1) is 18.6 Å². The molecule has 1 aliphatic heterocycles. The first-order chi connectivity index (χ1) is 18.8. The van der Waals surface area contributed by atoms with Crippen molar-refractivity contribution < 1.29 is 33.3 Å². The molecular weight excluding hydrogens is 512 g/mol. The first-order valence-electron chi connectivity index (χ1n) is 12.6. The van der Waals surface area contributed by atoms with Crippen molar-refractivity contribution in [2.75, 3.05) is 51.9 Å². The van der Waals surface area contributed by atoms with Crippen LogP contribution in [0.3, 0.4) is 0 Å². The van der Waals surface area contributed by atoms with Crippen molar-refractivity contribution in [2.45, 2.75) is 25.0 Å². The van der Waals surface area contributed by atoms with E-state index in [1.54, 1.807) is 14.0 Å². The normalized spacial score (nSPS) is 18.2. The average molecular weight is 546 g/mol. The van der Waals surface area contributed by atoms with Gasteiger partial charge in [0.25, 0.3) is 0 Å². The summed E-state index contributed by atoms with van der Waals surface area (Å²) in [6, 6.07) is 12.0. The van der Waals surface area contributed by atoms with Gasteiger partial charge in [0.2, 0.25) is 5.88 Å². The number of ether oxygens (including phenoxy) is 2. The van der Waals surface area contributed by atoms with Gasteiger partial charge in [0.05, 0.1) is 30.5 Å². The van der Waals surface area contributed by atoms with Crippen LogP contribution < -0.4 is 15.4 Å². The molecule has 210 valence electrons. The fraction of sp³-hybridized carbons (Fsp3) is 0.407. The predicted octanol–water partition coefficient (Wildman–Crippen LogP) is 2.43. The number of para-hydroxylation sites is 1. The summed E-state index contributed by atoms with van der Waals surface area (Å²) in [5.74, 6) is -1.60. The number of nitrogens with zero attached hydrogens (tertiary/aromatic N) is 3. The standard InChI is InChI=1S/C27H33F2N5O5/c1-17-25(34(19-6-4-3-5-7-19)32-26(17)39-16-20(36)15-35)31-27(37)30-24-14-33(10-11-38-2)13-21(24)18-8-9-22(28)23(29)12-18/h3-9,12,20-21,24,35-36H,10-11,13-16H2,1-2H3,(H2,30,31,37)/t20-,21+,24-/m1/s1. The van der Waals surface area contributed by atoms with Gasteiger partial charge in [0.15, 0.2) is 11.6 Å². The molecule has 1 aliphatic rings. The molecule has 10 nitrogen and oxygen atoms in total. The van der Waals surface area contributed by atoms with Crippen LogP contribution in [0.5, 0.6) is 5.88 Å². The maximum Gasteiger partial charge on any atom is 0.320 e. The van der Waals surface area contributed by atoms with Crippen molar-refractivity contribution in [3.63, 3.8) is 0 Å². The van der Waals surface area contributed by atoms with Crippen molar-refractivity contribution in [3.8, 4) is 11.6 Å². The molecule has 2 amide bonds. The number of nitrogens with one attached hydrogen (secondary N) is 2. The van der Waals surface area contributed by atoms with Gasteiger partial charge in [0, 0.05) is 32.7 Å². The molecule has 0 saturated carbocycles. The number of hydrogen-bond donors (Lipinski definition) is 4. The van der Waals surface area contributed by atoms with Crippen LogP contribution in [0.15, 0.2) is 48.5 Å². The number of hydrogen-bond acceptors (Lipinski definition) is 7. The number of likely N-dealkylation sites (tertiary alicyclic amines) is 1. The molecule has 1 fully saturated rings. The molecule has 0 unspecified atom stereocenters. The third-order valence-electron chi connectivity index (χ3n) is 6.63. The number of anilines is 1. The second kappa shape index (κ2) is 13.0. The number of rotatable bonds is 11. The van der Waals surface area contributed by atoms with E-state index in [1.807, 2.05) is 30.3 Å². The van der Waals surface area contributed by atoms with Gasteiger partial charge in [-0.05, 0) is 36.8 Å². The lowest BCUT2D eigenvalue weighted by Gasteiger charge is -2.21. The van der Waals surface area contributed by atoms with E-state index in [1.165, 1.54) is 16.8 Å². The summed E-state index contributed by atoms with van der Waals surface area (Å²) in [6.45, 7) is 3.21. The quantitative estimate of drug-likeness (QED) is 0.292. The maximum atomic E-state index is 14.0. The highest BCUT2D eigenvalue weighted by molar-refractivity contribution is 5.90. The summed E-state index contributed by atoms with van der Waals surface area (Å²) < 4.78 is 39.9. The molecule has 0 spiro atoms. The zero-order valence-corrected chi connectivity index (χ0v) is 21.8. The van der Waals surface area contributed by atoms with Gasteiger partial charge in [-0.25, -0.2) is 18.3 Å². The number of aliphatic hydroxyl groups excluding tert-OH is 2. The Hall–Kier alpha value is -3.58. The van der Waals surface area contributed by atoms with Gasteiger partial charge in [-0.2, -0.15) is 0 Å². The minimum atomic E-state index is -1.08. The summed E-state index contributed by atoms with van der Waals surface area (Å²) in [6.07, 6.45) is -1.08. The van der Waals surface area contributed by atoms with E-state index in [9.17, 15) is 18.7 Å². The van der Waals surface area contributed by atoms with E-state index in [2.05, 4.69) is 20.6 Å². The fourth-order valence-corrected chi connectivity index (χ4v) is 4.57. The van der Waals surface area contributed by atoms with Gasteiger partial charge in [0.1, 0.15) is 18.5 Å². The van der Waals surface area contributed by atoms with Crippen molar-refractivity contribution in [1.29, 1.82) is 0 Å². The Bertz CT molecular complexity index is 1260. The van der Waals surface area contributed by atoms with Crippen LogP contribution >= 0.6 is 0 Å². The molecule has 1 aromatic heterocycles. The van der Waals surface area contributed by atoms with Gasteiger partial charge < -0.3 is 25.0 Å². The Kier molecular flexibility index (Phi) is 9.46. The highest BCUT2D eigenvalue weighted by atomic mass is 19.2. The van der Waals surface area contributed by atoms with E-state index in [0.29, 0.717) is 48.9 Å². The second-order valence-corrected chi connectivity index (χ2v) is 9.41. The van der Waals surface area contributed by atoms with Crippen LogP contribution in [-0.2, 0) is 4.74 Å². The van der Waals surface area contributed by atoms with Crippen molar-refractivity contribution in [1.82, 2.24) is 20.0 Å². The molecule has 39 heavy (non-hydrogen) atoms. The largest absolute Gasteiger partial charge is 0.474 e. The molecule has 3 aromatic rings. The topological polar surface area (TPSA) is 121 Å². The fourth-order valence-electron chi connectivity index (χ4n) is 4.57. The summed E-state index contributed by atoms with van der Waals surface area (Å²) >= 11 is 0. The SMILES string of the molecule is COCCN1C[C@@H](NC(=O)Nc2c(C)c(OC[C@H](O)CO)nn2-c2ccccc2)[C@H](c2ccc(F)c(F)c2)C1. The highest BCUT2D eigenvalue weighted by Gasteiger charge is 2.35. The smallest absolute Gasteiger partial charge is 0.320 e. The third kappa shape index (κ3) is 6.90. The predicted molar refractivity (Wildman–Crippen MR) is 140 cm³/mol. The van der Waals surface area contributed by atoms with Crippen LogP contribution in [0.2, 0.25) is 0 Å². The molecule has 0 radical (unpaired) electrons. The number of carbonyl (C=O) groups is 1. The number of aromatic nitrogens is 2. The molecule has 3 atom stereocenters. The minimum absolute atomic E-state index is 0.177. The molecule has 0 bridgehead atoms. The minimum Gasteiger partial charge on any atom is -0.474 e. The molecule has 4 N–H and O–H groups in total. The zero-order chi connectivity index (χ0) is 27.9. The Morgan fingerprint density at radius 3 is 2.64 bits per heavy atom. The van der Waals surface area contributed by atoms with Crippen molar-refractivity contribution in [2.24, 2.45) is 0 Å². The maximum absolute atomic E-state index is 14.0. The van der Waals surface area contributed by atoms with E-state index in [0.717, 1.165) is 6.07 Å². The van der Waals surface area contributed by atoms with E-state index in [4.69, 9.17) is 14.6 Å². The first kappa shape index (κ1) is 28.4. The average Bonchev–Trinajstić information content (AvgIpc) is 3.48. The van der Waals surface area contributed by atoms with Gasteiger partial charge >= 0.3 is 6.03 Å². The lowest BCUT2D eigenvalue weighted by atomic mass is 9.94. The van der Waals surface area contributed by atoms with Crippen LogP contribution in [0.1, 0.15) is 17.0 Å². The highest BCUT2D eigenvalue weighted by Crippen LogP contribution is 2.31. The monoisotopic (exact) mass is 545 g/mol. The molecular formula is C27H33F2N5O5. The number of benzene rings is 2. The summed E-state index contributed by atoms with van der Waals surface area (Å²) in [5, 5.41) is 29.1. The van der Waals surface area contributed by atoms with Gasteiger partial charge in [-0.1, -0.05) is 24.3 Å². The Morgan fingerprint density at radius 1 is 1.18 bits per heavy atom. The van der Waals surface area contributed by atoms with Crippen LogP contribution in [0.4, 0.5) is 19.4 Å². The van der Waals surface area contributed by atoms with Gasteiger partial charge in [-0.15, -0.1) is 5.10 Å². The Morgan fingerprint density at radius 2 is 1.95 bits per heavy atom. The molecule has 1 saturated heterocycles. The van der Waals surface area contributed by atoms with Crippen molar-refractivity contribution >= 4 is 11.8 Å². The number of urea groups is 1. The number of halogens is 2. The van der Waals surface area contributed by atoms with Crippen LogP contribution in [0.25, 0.3) is 5.69 Å². The summed E-state index contributed by atoms with van der Waals surface area (Å²) in [4.78, 5) is 15.4. The van der Waals surface area contributed by atoms with Gasteiger partial charge in [-0.3, -0.25) is 10.2 Å². The molecule has 2 heterocycles. The summed E-state index contributed by atoms with van der Waals surface area (Å²) in [5.41, 5.74) is 1.77. The number of amides is 2. The van der Waals surface area contributed by atoms with E-state index >= 15 is 0 Å². The summed E-state index contributed by atoms with van der Waals surface area (Å²) in [7, 11) is 1.60. The van der Waals surface area contributed by atoms with E-state index in [-0.39, 0.29) is 18.4 Å². The first-order valence-corrected chi connectivity index (χ1v) is 12.6. The number of carbonyl (C=O) groups excluding carboxylic acids is 1. The molecule has 2 aromatic carbocycles. The molecule has 4 rings (SSSR count). The number of methoxy groups -OCH3 is 1. The van der Waals surface area contributed by atoms with Crippen LogP contribution in [-0.4, -0.2) is 89.6 Å². The zero-order valence-electron chi connectivity index (χ0n) is 21.8.